The second kappa shape index (κ2) is 7.35. The molecule has 134 valence electrons. The summed E-state index contributed by atoms with van der Waals surface area (Å²) in [6.07, 6.45) is 1.46. The van der Waals surface area contributed by atoms with Crippen LogP contribution >= 0.6 is 23.2 Å². The number of benzene rings is 1. The first-order valence-corrected chi connectivity index (χ1v) is 8.54. The molecule has 0 bridgehead atoms. The maximum Gasteiger partial charge on any atom is 0.274 e. The zero-order chi connectivity index (χ0) is 18.8. The maximum absolute atomic E-state index is 12.1. The lowest BCUT2D eigenvalue weighted by atomic mass is 10.2. The van der Waals surface area contributed by atoms with E-state index >= 15 is 0 Å². The van der Waals surface area contributed by atoms with Crippen molar-refractivity contribution in [3.05, 3.63) is 68.8 Å². The first kappa shape index (κ1) is 18.2. The number of nitrogens with one attached hydrogen (secondary N) is 1. The van der Waals surface area contributed by atoms with Gasteiger partial charge >= 0.3 is 0 Å². The molecule has 0 aliphatic heterocycles. The molecule has 0 spiro atoms. The summed E-state index contributed by atoms with van der Waals surface area (Å²) >= 11 is 12.4. The zero-order valence-electron chi connectivity index (χ0n) is 14.4. The van der Waals surface area contributed by atoms with Crippen molar-refractivity contribution in [1.82, 2.24) is 15.2 Å². The summed E-state index contributed by atoms with van der Waals surface area (Å²) < 4.78 is 6.91. The van der Waals surface area contributed by atoms with Crippen molar-refractivity contribution >= 4 is 35.3 Å². The fourth-order valence-corrected chi connectivity index (χ4v) is 3.01. The third-order valence-electron chi connectivity index (χ3n) is 3.75. The average molecular weight is 391 g/mol. The highest BCUT2D eigenvalue weighted by atomic mass is 35.5. The van der Waals surface area contributed by atoms with Crippen molar-refractivity contribution in [3.63, 3.8) is 0 Å². The Morgan fingerprint density at radius 3 is 2.69 bits per heavy atom. The van der Waals surface area contributed by atoms with E-state index in [9.17, 15) is 4.79 Å². The molecule has 0 saturated heterocycles. The molecule has 0 fully saturated rings. The van der Waals surface area contributed by atoms with Crippen molar-refractivity contribution in [2.24, 2.45) is 5.10 Å². The smallest absolute Gasteiger partial charge is 0.274 e. The number of aryl methyl sites for hydroxylation is 3. The monoisotopic (exact) mass is 390 g/mol. The van der Waals surface area contributed by atoms with Crippen LogP contribution in [0.1, 0.15) is 33.1 Å². The Bertz CT molecular complexity index is 1000. The molecule has 2 heterocycles. The summed E-state index contributed by atoms with van der Waals surface area (Å²) in [6, 6.07) is 8.85. The van der Waals surface area contributed by atoms with Crippen molar-refractivity contribution in [2.45, 2.75) is 20.8 Å². The van der Waals surface area contributed by atoms with E-state index in [0.29, 0.717) is 38.5 Å². The van der Waals surface area contributed by atoms with E-state index in [1.54, 1.807) is 43.7 Å². The van der Waals surface area contributed by atoms with Gasteiger partial charge in [-0.3, -0.25) is 4.79 Å². The predicted octanol–water partition coefficient (Wildman–Crippen LogP) is 4.46. The highest BCUT2D eigenvalue weighted by Crippen LogP contribution is 2.23. The van der Waals surface area contributed by atoms with Crippen LogP contribution in [-0.4, -0.2) is 21.9 Å². The largest absolute Gasteiger partial charge is 0.466 e. The molecule has 26 heavy (non-hydrogen) atoms. The van der Waals surface area contributed by atoms with E-state index in [1.807, 2.05) is 12.1 Å². The van der Waals surface area contributed by atoms with Crippen LogP contribution in [0.15, 0.2) is 39.9 Å². The van der Waals surface area contributed by atoms with Crippen LogP contribution in [0.2, 0.25) is 10.2 Å². The van der Waals surface area contributed by atoms with Crippen LogP contribution in [0, 0.1) is 20.8 Å². The standard InChI is InChI=1S/C18H16Cl2N4O2/c1-10-7-15(12(3)26-10)18(25)22-21-9-16-11(2)23-24(17(16)20)14-6-4-5-13(19)8-14/h4-9H,1-3H3,(H,22,25)/b21-9-. The van der Waals surface area contributed by atoms with Gasteiger partial charge in [-0.2, -0.15) is 10.2 Å². The summed E-state index contributed by atoms with van der Waals surface area (Å²) in [5.74, 6) is 0.850. The minimum Gasteiger partial charge on any atom is -0.466 e. The van der Waals surface area contributed by atoms with Gasteiger partial charge in [0, 0.05) is 5.02 Å². The molecule has 0 aliphatic rings. The Labute approximate surface area is 160 Å². The topological polar surface area (TPSA) is 72.4 Å². The Hall–Kier alpha value is -2.57. The Morgan fingerprint density at radius 2 is 2.04 bits per heavy atom. The first-order chi connectivity index (χ1) is 12.4. The van der Waals surface area contributed by atoms with Crippen LogP contribution in [0.4, 0.5) is 0 Å². The van der Waals surface area contributed by atoms with Crippen LogP contribution in [0.5, 0.6) is 0 Å². The lowest BCUT2D eigenvalue weighted by Crippen LogP contribution is -2.17. The molecule has 0 saturated carbocycles. The van der Waals surface area contributed by atoms with E-state index in [-0.39, 0.29) is 5.91 Å². The molecule has 2 aromatic heterocycles. The number of rotatable bonds is 4. The fourth-order valence-electron chi connectivity index (χ4n) is 2.51. The molecule has 3 aromatic rings. The number of halogens is 2. The van der Waals surface area contributed by atoms with E-state index in [4.69, 9.17) is 27.6 Å². The molecule has 0 atom stereocenters. The molecule has 0 unspecified atom stereocenters. The van der Waals surface area contributed by atoms with Crippen LogP contribution in [-0.2, 0) is 0 Å². The lowest BCUT2D eigenvalue weighted by Gasteiger charge is -2.03. The third kappa shape index (κ3) is 3.66. The molecule has 1 aromatic carbocycles. The minimum atomic E-state index is -0.355. The van der Waals surface area contributed by atoms with Gasteiger partial charge < -0.3 is 4.42 Å². The quantitative estimate of drug-likeness (QED) is 0.527. The summed E-state index contributed by atoms with van der Waals surface area (Å²) in [5, 5.41) is 9.34. The number of carbonyl (C=O) groups is 1. The van der Waals surface area contributed by atoms with Gasteiger partial charge in [0.25, 0.3) is 5.91 Å². The molecule has 1 amide bonds. The van der Waals surface area contributed by atoms with E-state index in [2.05, 4.69) is 15.6 Å². The Balaban J connectivity index is 1.81. The van der Waals surface area contributed by atoms with Gasteiger partial charge in [0.1, 0.15) is 16.7 Å². The highest BCUT2D eigenvalue weighted by Gasteiger charge is 2.15. The zero-order valence-corrected chi connectivity index (χ0v) is 15.9. The van der Waals surface area contributed by atoms with Crippen molar-refractivity contribution in [3.8, 4) is 5.69 Å². The minimum absolute atomic E-state index is 0.355. The number of hydrazone groups is 1. The second-order valence-corrected chi connectivity index (χ2v) is 6.50. The molecule has 0 aliphatic carbocycles. The molecular formula is C18H16Cl2N4O2. The van der Waals surface area contributed by atoms with Crippen LogP contribution in [0.3, 0.4) is 0 Å². The van der Waals surface area contributed by atoms with Gasteiger partial charge in [-0.1, -0.05) is 29.3 Å². The number of carbonyl (C=O) groups excluding carboxylic acids is 1. The van der Waals surface area contributed by atoms with E-state index < -0.39 is 0 Å². The summed E-state index contributed by atoms with van der Waals surface area (Å²) in [5.41, 5.74) is 4.92. The Kier molecular flexibility index (Phi) is 5.15. The molecule has 3 rings (SSSR count). The fraction of sp³-hybridized carbons (Fsp3) is 0.167. The first-order valence-electron chi connectivity index (χ1n) is 7.78. The third-order valence-corrected chi connectivity index (χ3v) is 4.34. The maximum atomic E-state index is 12.1. The average Bonchev–Trinajstić information content (AvgIpc) is 3.07. The molecular weight excluding hydrogens is 375 g/mol. The van der Waals surface area contributed by atoms with E-state index in [1.165, 1.54) is 6.21 Å². The van der Waals surface area contributed by atoms with Gasteiger partial charge in [0.2, 0.25) is 0 Å². The molecule has 6 nitrogen and oxygen atoms in total. The summed E-state index contributed by atoms with van der Waals surface area (Å²) in [6.45, 7) is 5.31. The lowest BCUT2D eigenvalue weighted by molar-refractivity contribution is 0.0953. The number of amides is 1. The van der Waals surface area contributed by atoms with Crippen LogP contribution in [0.25, 0.3) is 5.69 Å². The normalized spacial score (nSPS) is 11.3. The van der Waals surface area contributed by atoms with Gasteiger partial charge in [-0.15, -0.1) is 0 Å². The summed E-state index contributed by atoms with van der Waals surface area (Å²) in [7, 11) is 0. The van der Waals surface area contributed by atoms with Gasteiger partial charge in [-0.05, 0) is 45.0 Å². The van der Waals surface area contributed by atoms with Gasteiger partial charge in [-0.25, -0.2) is 10.1 Å². The number of hydrogen-bond donors (Lipinski definition) is 1. The SMILES string of the molecule is Cc1cc(C(=O)N/N=C\c2c(C)nn(-c3cccc(Cl)c3)c2Cl)c(C)o1. The van der Waals surface area contributed by atoms with E-state index in [0.717, 1.165) is 5.69 Å². The number of hydrogen-bond acceptors (Lipinski definition) is 4. The predicted molar refractivity (Wildman–Crippen MR) is 102 cm³/mol. The molecule has 0 radical (unpaired) electrons. The Morgan fingerprint density at radius 1 is 1.27 bits per heavy atom. The van der Waals surface area contributed by atoms with Gasteiger partial charge in [0.05, 0.1) is 28.7 Å². The number of furan rings is 1. The number of nitrogens with zero attached hydrogens (tertiary/aromatic N) is 3. The van der Waals surface area contributed by atoms with Crippen LogP contribution < -0.4 is 5.43 Å². The molecule has 8 heteroatoms. The second-order valence-electron chi connectivity index (χ2n) is 5.71. The van der Waals surface area contributed by atoms with Crippen molar-refractivity contribution < 1.29 is 9.21 Å². The van der Waals surface area contributed by atoms with Crippen molar-refractivity contribution in [2.75, 3.05) is 0 Å². The summed E-state index contributed by atoms with van der Waals surface area (Å²) in [4.78, 5) is 12.1. The highest BCUT2D eigenvalue weighted by molar-refractivity contribution is 6.32. The molecule has 1 N–H and O–H groups in total. The van der Waals surface area contributed by atoms with Crippen molar-refractivity contribution in [1.29, 1.82) is 0 Å². The van der Waals surface area contributed by atoms with Gasteiger partial charge in [0.15, 0.2) is 0 Å². The number of aromatic nitrogens is 2.